The molecule has 11 heavy (non-hydrogen) atoms. The van der Waals surface area contributed by atoms with Gasteiger partial charge in [0, 0.05) is 5.92 Å². The Bertz CT molecular complexity index is 231. The van der Waals surface area contributed by atoms with Crippen LogP contribution < -0.4 is 0 Å². The molecule has 2 nitrogen and oxygen atoms in total. The van der Waals surface area contributed by atoms with Crippen molar-refractivity contribution in [3.63, 3.8) is 0 Å². The summed E-state index contributed by atoms with van der Waals surface area (Å²) in [6.07, 6.45) is 1.51. The maximum atomic E-state index is 8.27. The first-order valence-electron chi connectivity index (χ1n) is 3.57. The number of hydrogen-bond donors (Lipinski definition) is 1. The number of nitrogens with zero attached hydrogens (tertiary/aromatic N) is 1. The van der Waals surface area contributed by atoms with Crippen LogP contribution in [0.2, 0.25) is 0 Å². The van der Waals surface area contributed by atoms with Crippen molar-refractivity contribution in [1.82, 2.24) is 0 Å². The first kappa shape index (κ1) is 7.79. The van der Waals surface area contributed by atoms with Crippen LogP contribution in [0.1, 0.15) is 18.4 Å². The maximum absolute atomic E-state index is 8.27. The molecule has 0 fully saturated rings. The Labute approximate surface area is 66.2 Å². The van der Waals surface area contributed by atoms with Gasteiger partial charge >= 0.3 is 0 Å². The Morgan fingerprint density at radius 3 is 2.55 bits per heavy atom. The molecular weight excluding hydrogens is 138 g/mol. The molecule has 0 unspecified atom stereocenters. The summed E-state index contributed by atoms with van der Waals surface area (Å²) in [7, 11) is 0. The summed E-state index contributed by atoms with van der Waals surface area (Å²) in [6, 6.07) is 9.92. The SMILES string of the molecule is C[C@@H](/C=N\O)c1ccccc1. The Morgan fingerprint density at radius 1 is 1.36 bits per heavy atom. The van der Waals surface area contributed by atoms with Crippen molar-refractivity contribution >= 4 is 6.21 Å². The lowest BCUT2D eigenvalue weighted by Gasteiger charge is -2.02. The van der Waals surface area contributed by atoms with Crippen LogP contribution in [0.3, 0.4) is 0 Å². The van der Waals surface area contributed by atoms with Crippen LogP contribution in [-0.2, 0) is 0 Å². The van der Waals surface area contributed by atoms with Gasteiger partial charge in [-0.15, -0.1) is 5.16 Å². The minimum absolute atomic E-state index is 0.182. The second kappa shape index (κ2) is 3.76. The van der Waals surface area contributed by atoms with Crippen molar-refractivity contribution in [3.05, 3.63) is 35.9 Å². The molecule has 0 amide bonds. The van der Waals surface area contributed by atoms with Crippen molar-refractivity contribution in [2.45, 2.75) is 12.8 Å². The lowest BCUT2D eigenvalue weighted by atomic mass is 10.0. The largest absolute Gasteiger partial charge is 0.411 e. The van der Waals surface area contributed by atoms with E-state index in [1.165, 1.54) is 6.21 Å². The Kier molecular flexibility index (Phi) is 2.66. The van der Waals surface area contributed by atoms with Crippen LogP contribution in [0.25, 0.3) is 0 Å². The molecule has 1 N–H and O–H groups in total. The van der Waals surface area contributed by atoms with E-state index in [9.17, 15) is 0 Å². The molecule has 1 rings (SSSR count). The highest BCUT2D eigenvalue weighted by Crippen LogP contribution is 2.11. The van der Waals surface area contributed by atoms with Gasteiger partial charge in [0.25, 0.3) is 0 Å². The zero-order valence-corrected chi connectivity index (χ0v) is 6.44. The fourth-order valence-electron chi connectivity index (χ4n) is 0.943. The number of oxime groups is 1. The molecule has 2 heteroatoms. The molecule has 0 aliphatic rings. The molecule has 0 aromatic heterocycles. The van der Waals surface area contributed by atoms with Gasteiger partial charge in [0.05, 0.1) is 6.21 Å². The average molecular weight is 149 g/mol. The van der Waals surface area contributed by atoms with Crippen LogP contribution in [0, 0.1) is 0 Å². The summed E-state index contributed by atoms with van der Waals surface area (Å²) in [6.45, 7) is 1.98. The van der Waals surface area contributed by atoms with Crippen molar-refractivity contribution in [1.29, 1.82) is 0 Å². The minimum atomic E-state index is 0.182. The zero-order valence-electron chi connectivity index (χ0n) is 6.44. The molecule has 1 aromatic rings. The topological polar surface area (TPSA) is 32.6 Å². The van der Waals surface area contributed by atoms with Crippen molar-refractivity contribution in [2.24, 2.45) is 5.16 Å². The van der Waals surface area contributed by atoms with Gasteiger partial charge in [-0.3, -0.25) is 0 Å². The van der Waals surface area contributed by atoms with Gasteiger partial charge in [-0.2, -0.15) is 0 Å². The first-order valence-corrected chi connectivity index (χ1v) is 3.57. The summed E-state index contributed by atoms with van der Waals surface area (Å²) in [5, 5.41) is 11.3. The summed E-state index contributed by atoms with van der Waals surface area (Å²) in [5.41, 5.74) is 1.16. The zero-order chi connectivity index (χ0) is 8.10. The second-order valence-corrected chi connectivity index (χ2v) is 2.46. The van der Waals surface area contributed by atoms with Gasteiger partial charge < -0.3 is 5.21 Å². The van der Waals surface area contributed by atoms with E-state index in [1.807, 2.05) is 37.3 Å². The van der Waals surface area contributed by atoms with E-state index in [0.717, 1.165) is 5.56 Å². The summed E-state index contributed by atoms with van der Waals surface area (Å²) < 4.78 is 0. The van der Waals surface area contributed by atoms with E-state index < -0.39 is 0 Å². The van der Waals surface area contributed by atoms with Crippen molar-refractivity contribution in [3.8, 4) is 0 Å². The third-order valence-electron chi connectivity index (χ3n) is 1.62. The standard InChI is InChI=1S/C9H11NO/c1-8(7-10-11)9-5-3-2-4-6-9/h2-8,11H,1H3/b10-7-/t8-/m0/s1. The molecular formula is C9H11NO. The highest BCUT2D eigenvalue weighted by molar-refractivity contribution is 5.66. The Morgan fingerprint density at radius 2 is 2.00 bits per heavy atom. The predicted molar refractivity (Wildman–Crippen MR) is 45.1 cm³/mol. The third-order valence-corrected chi connectivity index (χ3v) is 1.62. The van der Waals surface area contributed by atoms with Crippen LogP contribution in [0.5, 0.6) is 0 Å². The highest BCUT2D eigenvalue weighted by atomic mass is 16.4. The number of hydrogen-bond acceptors (Lipinski definition) is 2. The summed E-state index contributed by atoms with van der Waals surface area (Å²) >= 11 is 0. The van der Waals surface area contributed by atoms with Crippen LogP contribution in [-0.4, -0.2) is 11.4 Å². The van der Waals surface area contributed by atoms with Crippen LogP contribution in [0.15, 0.2) is 35.5 Å². The third kappa shape index (κ3) is 2.08. The average Bonchev–Trinajstić information content (AvgIpc) is 2.07. The smallest absolute Gasteiger partial charge is 0.0507 e. The molecule has 0 saturated heterocycles. The molecule has 1 aromatic carbocycles. The van der Waals surface area contributed by atoms with E-state index in [4.69, 9.17) is 5.21 Å². The monoisotopic (exact) mass is 149 g/mol. The van der Waals surface area contributed by atoms with Gasteiger partial charge in [-0.05, 0) is 5.56 Å². The van der Waals surface area contributed by atoms with E-state index in [0.29, 0.717) is 0 Å². The van der Waals surface area contributed by atoms with Crippen molar-refractivity contribution in [2.75, 3.05) is 0 Å². The number of benzene rings is 1. The maximum Gasteiger partial charge on any atom is 0.0507 e. The van der Waals surface area contributed by atoms with Gasteiger partial charge in [-0.25, -0.2) is 0 Å². The van der Waals surface area contributed by atoms with E-state index in [2.05, 4.69) is 5.16 Å². The second-order valence-electron chi connectivity index (χ2n) is 2.46. The number of rotatable bonds is 2. The molecule has 1 atom stereocenters. The van der Waals surface area contributed by atoms with E-state index >= 15 is 0 Å². The predicted octanol–water partition coefficient (Wildman–Crippen LogP) is 2.25. The van der Waals surface area contributed by atoms with Gasteiger partial charge in [-0.1, -0.05) is 37.3 Å². The van der Waals surface area contributed by atoms with E-state index in [-0.39, 0.29) is 5.92 Å². The summed E-state index contributed by atoms with van der Waals surface area (Å²) in [5.74, 6) is 0.182. The van der Waals surface area contributed by atoms with Crippen molar-refractivity contribution < 1.29 is 5.21 Å². The normalized spacial score (nSPS) is 13.5. The molecule has 0 aliphatic heterocycles. The molecule has 0 bridgehead atoms. The molecule has 0 heterocycles. The molecule has 0 aliphatic carbocycles. The fourth-order valence-corrected chi connectivity index (χ4v) is 0.943. The molecule has 0 saturated carbocycles. The van der Waals surface area contributed by atoms with Gasteiger partial charge in [0.1, 0.15) is 0 Å². The lowest BCUT2D eigenvalue weighted by Crippen LogP contribution is -1.93. The minimum Gasteiger partial charge on any atom is -0.411 e. The Balaban J connectivity index is 2.76. The highest BCUT2D eigenvalue weighted by Gasteiger charge is 1.99. The van der Waals surface area contributed by atoms with Gasteiger partial charge in [0.2, 0.25) is 0 Å². The van der Waals surface area contributed by atoms with Crippen LogP contribution >= 0.6 is 0 Å². The first-order chi connectivity index (χ1) is 5.34. The summed E-state index contributed by atoms with van der Waals surface area (Å²) in [4.78, 5) is 0. The molecule has 58 valence electrons. The van der Waals surface area contributed by atoms with E-state index in [1.54, 1.807) is 0 Å². The lowest BCUT2D eigenvalue weighted by molar-refractivity contribution is 0.320. The molecule has 0 radical (unpaired) electrons. The van der Waals surface area contributed by atoms with Gasteiger partial charge in [0.15, 0.2) is 0 Å². The quantitative estimate of drug-likeness (QED) is 0.390. The Hall–Kier alpha value is -1.31. The fraction of sp³-hybridized carbons (Fsp3) is 0.222. The molecule has 0 spiro atoms. The van der Waals surface area contributed by atoms with Crippen LogP contribution in [0.4, 0.5) is 0 Å².